The second-order valence-corrected chi connectivity index (χ2v) is 10.6. The monoisotopic (exact) mass is 531 g/mol. The Balaban J connectivity index is 1.42. The third-order valence-electron chi connectivity index (χ3n) is 7.89. The average Bonchev–Trinajstić information content (AvgIpc) is 3.55. The highest BCUT2D eigenvalue weighted by molar-refractivity contribution is 5.84. The van der Waals surface area contributed by atoms with E-state index in [0.717, 1.165) is 75.5 Å². The summed E-state index contributed by atoms with van der Waals surface area (Å²) in [4.78, 5) is 17.7. The third kappa shape index (κ3) is 4.57. The topological polar surface area (TPSA) is 84.3 Å². The zero-order valence-corrected chi connectivity index (χ0v) is 23.3. The van der Waals surface area contributed by atoms with E-state index >= 15 is 0 Å². The fraction of sp³-hybridized carbons (Fsp3) is 0.242. The van der Waals surface area contributed by atoms with Gasteiger partial charge in [-0.05, 0) is 76.3 Å². The van der Waals surface area contributed by atoms with E-state index in [4.69, 9.17) is 9.72 Å². The summed E-state index contributed by atoms with van der Waals surface area (Å²) in [6, 6.07) is 23.0. The van der Waals surface area contributed by atoms with Crippen molar-refractivity contribution < 1.29 is 9.53 Å². The van der Waals surface area contributed by atoms with Gasteiger partial charge in [-0.2, -0.15) is 5.10 Å². The molecule has 1 aliphatic carbocycles. The van der Waals surface area contributed by atoms with Crippen molar-refractivity contribution in [2.45, 2.75) is 52.5 Å². The highest BCUT2D eigenvalue weighted by atomic mass is 16.6. The number of carbonyl (C=O) groups is 1. The van der Waals surface area contributed by atoms with E-state index < -0.39 is 11.6 Å². The predicted octanol–water partition coefficient (Wildman–Crippen LogP) is 7.70. The number of H-pyrrole nitrogens is 1. The number of aromatic nitrogens is 4. The van der Waals surface area contributed by atoms with Crippen molar-refractivity contribution in [2.75, 3.05) is 0 Å². The predicted molar refractivity (Wildman–Crippen MR) is 158 cm³/mol. The van der Waals surface area contributed by atoms with Crippen molar-refractivity contribution in [3.05, 3.63) is 102 Å². The molecule has 6 rings (SSSR count). The number of rotatable bonds is 6. The number of nitrogens with zero attached hydrogens (tertiary/aromatic N) is 3. The zero-order valence-electron chi connectivity index (χ0n) is 23.3. The van der Waals surface area contributed by atoms with Crippen molar-refractivity contribution in [1.29, 1.82) is 0 Å². The first-order chi connectivity index (χ1) is 19.4. The van der Waals surface area contributed by atoms with Crippen LogP contribution in [0.3, 0.4) is 0 Å². The number of hydrogen-bond donors (Lipinski definition) is 2. The molecule has 1 aliphatic rings. The molecule has 1 amide bonds. The number of amides is 1. The number of nitrogens with one attached hydrogen (secondary N) is 2. The molecule has 0 bridgehead atoms. The Bertz CT molecular complexity index is 1720. The first kappa shape index (κ1) is 25.6. The molecular weight excluding hydrogens is 498 g/mol. The van der Waals surface area contributed by atoms with Gasteiger partial charge >= 0.3 is 6.09 Å². The lowest BCUT2D eigenvalue weighted by atomic mass is 9.71. The fourth-order valence-electron chi connectivity index (χ4n) is 5.49. The van der Waals surface area contributed by atoms with Gasteiger partial charge in [0.15, 0.2) is 0 Å². The normalized spacial score (nSPS) is 14.7. The standard InChI is InChI=1S/C33H33N5O2/c1-5-23(4)40-32(39)35-33(16-9-17-33)27-14-12-24(13-15-27)29-30(25-10-7-6-8-11-25)38-20-26(18-21(2)31(38)34-29)28-19-22(3)36-37-28/h5-8,10-15,18-20H,9,16-17H2,1-4H3,(H,35,39)(H,36,37)/b23-5+. The minimum absolute atomic E-state index is 0.404. The molecule has 2 N–H and O–H groups in total. The molecule has 0 saturated heterocycles. The molecule has 0 atom stereocenters. The summed E-state index contributed by atoms with van der Waals surface area (Å²) in [6.45, 7) is 7.71. The van der Waals surface area contributed by atoms with Gasteiger partial charge in [0.1, 0.15) is 11.4 Å². The first-order valence-corrected chi connectivity index (χ1v) is 13.7. The zero-order chi connectivity index (χ0) is 27.9. The molecule has 3 heterocycles. The molecule has 7 nitrogen and oxygen atoms in total. The number of pyridine rings is 1. The van der Waals surface area contributed by atoms with E-state index in [1.807, 2.05) is 19.9 Å². The third-order valence-corrected chi connectivity index (χ3v) is 7.89. The maximum atomic E-state index is 12.6. The van der Waals surface area contributed by atoms with Gasteiger partial charge in [-0.15, -0.1) is 0 Å². The summed E-state index contributed by atoms with van der Waals surface area (Å²) in [5, 5.41) is 10.6. The number of hydrogen-bond acceptors (Lipinski definition) is 4. The molecule has 7 heteroatoms. The Kier molecular flexibility index (Phi) is 6.50. The SMILES string of the molecule is C/C=C(\C)OC(=O)NC1(c2ccc(-c3nc4c(C)cc(-c5cc(C)n[nH]5)cn4c3-c3ccccc3)cc2)CCC1. The molecule has 5 aromatic rings. The van der Waals surface area contributed by atoms with Gasteiger partial charge in [-0.1, -0.05) is 54.6 Å². The maximum absolute atomic E-state index is 12.6. The number of allylic oxidation sites excluding steroid dienone is 2. The highest BCUT2D eigenvalue weighted by Gasteiger charge is 2.40. The van der Waals surface area contributed by atoms with E-state index in [0.29, 0.717) is 5.76 Å². The highest BCUT2D eigenvalue weighted by Crippen LogP contribution is 2.43. The molecule has 0 aliphatic heterocycles. The molecule has 1 saturated carbocycles. The summed E-state index contributed by atoms with van der Waals surface area (Å²) in [5.41, 5.74) is 9.71. The van der Waals surface area contributed by atoms with Gasteiger partial charge in [-0.3, -0.25) is 9.50 Å². The molecule has 0 radical (unpaired) electrons. The number of aryl methyl sites for hydroxylation is 2. The van der Waals surface area contributed by atoms with E-state index in [9.17, 15) is 4.79 Å². The lowest BCUT2D eigenvalue weighted by Crippen LogP contribution is -2.50. The molecule has 2 aromatic carbocycles. The lowest BCUT2D eigenvalue weighted by Gasteiger charge is -2.42. The van der Waals surface area contributed by atoms with Crippen LogP contribution < -0.4 is 5.32 Å². The molecule has 202 valence electrons. The van der Waals surface area contributed by atoms with Gasteiger partial charge in [0.2, 0.25) is 0 Å². The maximum Gasteiger partial charge on any atom is 0.412 e. The summed E-state index contributed by atoms with van der Waals surface area (Å²) in [6.07, 6.45) is 6.33. The van der Waals surface area contributed by atoms with Crippen LogP contribution >= 0.6 is 0 Å². The number of aromatic amines is 1. The van der Waals surface area contributed by atoms with E-state index in [-0.39, 0.29) is 0 Å². The van der Waals surface area contributed by atoms with Crippen LogP contribution in [0.4, 0.5) is 4.79 Å². The summed E-state index contributed by atoms with van der Waals surface area (Å²) in [5.74, 6) is 0.587. The molecular formula is C33H33N5O2. The molecule has 3 aromatic heterocycles. The fourth-order valence-corrected chi connectivity index (χ4v) is 5.49. The summed E-state index contributed by atoms with van der Waals surface area (Å²) in [7, 11) is 0. The average molecular weight is 532 g/mol. The Morgan fingerprint density at radius 3 is 2.40 bits per heavy atom. The van der Waals surface area contributed by atoms with Gasteiger partial charge < -0.3 is 10.1 Å². The minimum Gasteiger partial charge on any atom is -0.416 e. The van der Waals surface area contributed by atoms with E-state index in [1.165, 1.54) is 0 Å². The number of fused-ring (bicyclic) bond motifs is 1. The van der Waals surface area contributed by atoms with Crippen molar-refractivity contribution in [3.63, 3.8) is 0 Å². The second kappa shape index (κ2) is 10.2. The Labute approximate surface area is 233 Å². The Morgan fingerprint density at radius 2 is 1.77 bits per heavy atom. The van der Waals surface area contributed by atoms with Crippen LogP contribution in [0.25, 0.3) is 39.4 Å². The smallest absolute Gasteiger partial charge is 0.412 e. The second-order valence-electron chi connectivity index (χ2n) is 10.6. The van der Waals surface area contributed by atoms with Crippen LogP contribution in [0.1, 0.15) is 49.9 Å². The molecule has 40 heavy (non-hydrogen) atoms. The summed E-state index contributed by atoms with van der Waals surface area (Å²) >= 11 is 0. The van der Waals surface area contributed by atoms with Gasteiger partial charge in [0.25, 0.3) is 0 Å². The quantitative estimate of drug-likeness (QED) is 0.220. The number of ether oxygens (including phenoxy) is 1. The largest absolute Gasteiger partial charge is 0.416 e. The van der Waals surface area contributed by atoms with E-state index in [2.05, 4.69) is 93.7 Å². The van der Waals surface area contributed by atoms with Crippen molar-refractivity contribution in [3.8, 4) is 33.8 Å². The van der Waals surface area contributed by atoms with Crippen LogP contribution in [0.15, 0.2) is 84.8 Å². The Hall–Kier alpha value is -4.65. The molecule has 0 unspecified atom stereocenters. The number of benzene rings is 2. The lowest BCUT2D eigenvalue weighted by molar-refractivity contribution is 0.132. The number of imidazole rings is 1. The van der Waals surface area contributed by atoms with Crippen molar-refractivity contribution in [2.24, 2.45) is 0 Å². The number of carbonyl (C=O) groups excluding carboxylic acids is 1. The van der Waals surface area contributed by atoms with Gasteiger partial charge in [-0.25, -0.2) is 9.78 Å². The van der Waals surface area contributed by atoms with Gasteiger partial charge in [0, 0.05) is 22.9 Å². The van der Waals surface area contributed by atoms with Crippen molar-refractivity contribution in [1.82, 2.24) is 24.9 Å². The molecule has 0 spiro atoms. The Morgan fingerprint density at radius 1 is 1.02 bits per heavy atom. The van der Waals surface area contributed by atoms with Crippen LogP contribution in [-0.2, 0) is 10.3 Å². The number of alkyl carbamates (subject to hydrolysis) is 1. The first-order valence-electron chi connectivity index (χ1n) is 13.7. The van der Waals surface area contributed by atoms with Crippen LogP contribution in [-0.4, -0.2) is 25.7 Å². The van der Waals surface area contributed by atoms with Crippen molar-refractivity contribution >= 4 is 11.7 Å². The summed E-state index contributed by atoms with van der Waals surface area (Å²) < 4.78 is 7.58. The molecule has 1 fully saturated rings. The van der Waals surface area contributed by atoms with Crippen LogP contribution in [0, 0.1) is 13.8 Å². The van der Waals surface area contributed by atoms with Crippen LogP contribution in [0.2, 0.25) is 0 Å². The van der Waals surface area contributed by atoms with E-state index in [1.54, 1.807) is 13.0 Å². The minimum atomic E-state index is -0.412. The van der Waals surface area contributed by atoms with Gasteiger partial charge in [0.05, 0.1) is 28.3 Å². The van der Waals surface area contributed by atoms with Crippen LogP contribution in [0.5, 0.6) is 0 Å².